The molecular formula is C16H27NO3. The van der Waals surface area contributed by atoms with Crippen molar-refractivity contribution in [1.29, 1.82) is 0 Å². The normalized spacial score (nSPS) is 41.8. The molecule has 4 atom stereocenters. The van der Waals surface area contributed by atoms with E-state index in [1.54, 1.807) is 0 Å². The van der Waals surface area contributed by atoms with Crippen molar-refractivity contribution >= 4 is 5.97 Å². The van der Waals surface area contributed by atoms with E-state index in [-0.39, 0.29) is 0 Å². The van der Waals surface area contributed by atoms with Crippen molar-refractivity contribution in [2.45, 2.75) is 82.0 Å². The largest absolute Gasteiger partial charge is 0.481 e. The van der Waals surface area contributed by atoms with Crippen LogP contribution in [0.2, 0.25) is 0 Å². The lowest BCUT2D eigenvalue weighted by molar-refractivity contribution is -0.139. The second kappa shape index (κ2) is 6.02. The van der Waals surface area contributed by atoms with Crippen LogP contribution in [0.4, 0.5) is 0 Å². The number of piperidine rings is 1. The lowest BCUT2D eigenvalue weighted by Crippen LogP contribution is -2.54. The van der Waals surface area contributed by atoms with Gasteiger partial charge in [0.05, 0.1) is 6.10 Å². The van der Waals surface area contributed by atoms with Crippen molar-refractivity contribution in [3.63, 3.8) is 0 Å². The number of methoxy groups -OCH3 is 1. The minimum Gasteiger partial charge on any atom is -0.481 e. The Hall–Kier alpha value is -0.610. The molecule has 0 spiro atoms. The Morgan fingerprint density at radius 3 is 2.40 bits per heavy atom. The van der Waals surface area contributed by atoms with Crippen molar-refractivity contribution < 1.29 is 14.6 Å². The first-order valence-corrected chi connectivity index (χ1v) is 8.21. The third-order valence-corrected chi connectivity index (χ3v) is 5.70. The minimum atomic E-state index is -0.629. The number of carboxylic acids is 1. The molecule has 114 valence electrons. The van der Waals surface area contributed by atoms with Gasteiger partial charge in [0.25, 0.3) is 0 Å². The fourth-order valence-electron chi connectivity index (χ4n) is 4.97. The first-order chi connectivity index (χ1) is 9.69. The van der Waals surface area contributed by atoms with Crippen LogP contribution in [0, 0.1) is 5.92 Å². The number of aliphatic carboxylic acids is 1. The van der Waals surface area contributed by atoms with Gasteiger partial charge in [0.1, 0.15) is 0 Å². The van der Waals surface area contributed by atoms with Crippen LogP contribution < -0.4 is 0 Å². The van der Waals surface area contributed by atoms with Crippen molar-refractivity contribution in [3.05, 3.63) is 0 Å². The molecule has 4 unspecified atom stereocenters. The number of hydrogen-bond donors (Lipinski definition) is 1. The van der Waals surface area contributed by atoms with Gasteiger partial charge in [-0.05, 0) is 44.4 Å². The zero-order valence-electron chi connectivity index (χ0n) is 12.5. The number of fused-ring (bicyclic) bond motifs is 2. The number of carbonyl (C=O) groups is 1. The molecular weight excluding hydrogens is 254 g/mol. The molecule has 1 saturated carbocycles. The van der Waals surface area contributed by atoms with E-state index in [1.807, 2.05) is 7.11 Å². The Kier molecular flexibility index (Phi) is 4.32. The SMILES string of the molecule is COC1CCCCC1N1C2CCC1CC(CC(=O)O)C2. The van der Waals surface area contributed by atoms with Gasteiger partial charge in [0.2, 0.25) is 0 Å². The molecule has 2 aliphatic heterocycles. The number of carboxylic acid groups (broad SMARTS) is 1. The number of nitrogens with zero attached hydrogens (tertiary/aromatic N) is 1. The summed E-state index contributed by atoms with van der Waals surface area (Å²) in [5.74, 6) is -0.235. The summed E-state index contributed by atoms with van der Waals surface area (Å²) in [6.45, 7) is 0. The predicted octanol–water partition coefficient (Wildman–Crippen LogP) is 2.66. The van der Waals surface area contributed by atoms with Gasteiger partial charge in [-0.3, -0.25) is 9.69 Å². The molecule has 0 aromatic rings. The maximum Gasteiger partial charge on any atom is 0.303 e. The van der Waals surface area contributed by atoms with E-state index in [2.05, 4.69) is 4.90 Å². The third kappa shape index (κ3) is 2.73. The zero-order valence-corrected chi connectivity index (χ0v) is 12.5. The van der Waals surface area contributed by atoms with Crippen LogP contribution in [0.3, 0.4) is 0 Å². The highest BCUT2D eigenvalue weighted by atomic mass is 16.5. The van der Waals surface area contributed by atoms with Crippen LogP contribution in [0.25, 0.3) is 0 Å². The smallest absolute Gasteiger partial charge is 0.303 e. The monoisotopic (exact) mass is 281 g/mol. The van der Waals surface area contributed by atoms with Crippen LogP contribution in [0.15, 0.2) is 0 Å². The number of ether oxygens (including phenoxy) is 1. The van der Waals surface area contributed by atoms with Crippen molar-refractivity contribution in [1.82, 2.24) is 4.90 Å². The summed E-state index contributed by atoms with van der Waals surface area (Å²) in [5, 5.41) is 9.02. The molecule has 1 aliphatic carbocycles. The Bertz CT molecular complexity index is 346. The standard InChI is InChI=1S/C16H27NO3/c1-20-15-5-3-2-4-14(15)17-12-6-7-13(17)9-11(8-12)10-16(18)19/h11-15H,2-10H2,1H3,(H,18,19). The summed E-state index contributed by atoms with van der Waals surface area (Å²) in [7, 11) is 1.85. The summed E-state index contributed by atoms with van der Waals surface area (Å²) >= 11 is 0. The van der Waals surface area contributed by atoms with Gasteiger partial charge in [-0.15, -0.1) is 0 Å². The van der Waals surface area contributed by atoms with E-state index < -0.39 is 5.97 Å². The Balaban J connectivity index is 1.68. The molecule has 0 aromatic heterocycles. The van der Waals surface area contributed by atoms with E-state index >= 15 is 0 Å². The highest BCUT2D eigenvalue weighted by Gasteiger charge is 2.46. The van der Waals surface area contributed by atoms with Crippen LogP contribution in [-0.4, -0.2) is 47.3 Å². The first kappa shape index (κ1) is 14.3. The zero-order chi connectivity index (χ0) is 14.1. The average Bonchev–Trinajstić information content (AvgIpc) is 2.69. The molecule has 4 nitrogen and oxygen atoms in total. The van der Waals surface area contributed by atoms with Gasteiger partial charge in [-0.1, -0.05) is 12.8 Å². The maximum atomic E-state index is 10.9. The van der Waals surface area contributed by atoms with Crippen LogP contribution in [-0.2, 0) is 9.53 Å². The van der Waals surface area contributed by atoms with Crippen molar-refractivity contribution in [2.75, 3.05) is 7.11 Å². The average molecular weight is 281 g/mol. The Morgan fingerprint density at radius 2 is 1.80 bits per heavy atom. The van der Waals surface area contributed by atoms with E-state index in [9.17, 15) is 4.79 Å². The molecule has 2 saturated heterocycles. The highest BCUT2D eigenvalue weighted by molar-refractivity contribution is 5.67. The third-order valence-electron chi connectivity index (χ3n) is 5.70. The molecule has 20 heavy (non-hydrogen) atoms. The van der Waals surface area contributed by atoms with Gasteiger partial charge < -0.3 is 9.84 Å². The molecule has 4 heteroatoms. The van der Waals surface area contributed by atoms with Crippen LogP contribution in [0.5, 0.6) is 0 Å². The van der Waals surface area contributed by atoms with Crippen molar-refractivity contribution in [2.24, 2.45) is 5.92 Å². The molecule has 2 heterocycles. The predicted molar refractivity (Wildman–Crippen MR) is 76.7 cm³/mol. The maximum absolute atomic E-state index is 10.9. The molecule has 0 amide bonds. The number of rotatable bonds is 4. The Labute approximate surface area is 121 Å². The molecule has 0 aromatic carbocycles. The molecule has 3 rings (SSSR count). The highest BCUT2D eigenvalue weighted by Crippen LogP contribution is 2.43. The number of hydrogen-bond acceptors (Lipinski definition) is 3. The van der Waals surface area contributed by atoms with Crippen molar-refractivity contribution in [3.8, 4) is 0 Å². The van der Waals surface area contributed by atoms with Crippen LogP contribution >= 0.6 is 0 Å². The lowest BCUT2D eigenvalue weighted by Gasteiger charge is -2.47. The molecule has 3 fully saturated rings. The van der Waals surface area contributed by atoms with Gasteiger partial charge in [0.15, 0.2) is 0 Å². The lowest BCUT2D eigenvalue weighted by atomic mass is 9.83. The van der Waals surface area contributed by atoms with Gasteiger partial charge in [-0.25, -0.2) is 0 Å². The minimum absolute atomic E-state index is 0.360. The second-order valence-electron chi connectivity index (χ2n) is 6.89. The summed E-state index contributed by atoms with van der Waals surface area (Å²) in [6, 6.07) is 1.80. The Morgan fingerprint density at radius 1 is 1.15 bits per heavy atom. The van der Waals surface area contributed by atoms with E-state index in [0.717, 1.165) is 12.8 Å². The second-order valence-corrected chi connectivity index (χ2v) is 6.89. The van der Waals surface area contributed by atoms with Gasteiger partial charge in [-0.2, -0.15) is 0 Å². The molecule has 0 radical (unpaired) electrons. The quantitative estimate of drug-likeness (QED) is 0.860. The topological polar surface area (TPSA) is 49.8 Å². The summed E-state index contributed by atoms with van der Waals surface area (Å²) < 4.78 is 5.74. The van der Waals surface area contributed by atoms with Gasteiger partial charge >= 0.3 is 5.97 Å². The van der Waals surface area contributed by atoms with E-state index in [4.69, 9.17) is 9.84 Å². The van der Waals surface area contributed by atoms with Crippen LogP contribution in [0.1, 0.15) is 57.8 Å². The summed E-state index contributed by atoms with van der Waals surface area (Å²) in [6.07, 6.45) is 10.5. The van der Waals surface area contributed by atoms with E-state index in [1.165, 1.54) is 38.5 Å². The first-order valence-electron chi connectivity index (χ1n) is 8.21. The fraction of sp³-hybridized carbons (Fsp3) is 0.938. The summed E-state index contributed by atoms with van der Waals surface area (Å²) in [4.78, 5) is 13.7. The molecule has 1 N–H and O–H groups in total. The molecule has 2 bridgehead atoms. The summed E-state index contributed by atoms with van der Waals surface area (Å²) in [5.41, 5.74) is 0. The van der Waals surface area contributed by atoms with E-state index in [0.29, 0.717) is 36.6 Å². The van der Waals surface area contributed by atoms with Gasteiger partial charge in [0, 0.05) is 31.7 Å². The fourth-order valence-corrected chi connectivity index (χ4v) is 4.97. The molecule has 3 aliphatic rings.